The lowest BCUT2D eigenvalue weighted by molar-refractivity contribution is -0.0745. The molecule has 0 spiro atoms. The van der Waals surface area contributed by atoms with Crippen LogP contribution < -0.4 is 10.1 Å². The van der Waals surface area contributed by atoms with Crippen LogP contribution in [0.1, 0.15) is 44.1 Å². The number of hydrogen-bond acceptors (Lipinski definition) is 2. The number of nitrogens with one attached hydrogen (secondary N) is 1. The second-order valence-corrected chi connectivity index (χ2v) is 7.88. The predicted octanol–water partition coefficient (Wildman–Crippen LogP) is 4.00. The molecule has 0 radical (unpaired) electrons. The molecule has 4 aliphatic rings. The molecule has 0 saturated heterocycles. The number of hydrogen-bond donors (Lipinski definition) is 1. The molecule has 4 bridgehead atoms. The highest BCUT2D eigenvalue weighted by atomic mass is 16.5. The van der Waals surface area contributed by atoms with E-state index < -0.39 is 0 Å². The molecule has 4 saturated carbocycles. The van der Waals surface area contributed by atoms with Gasteiger partial charge in [-0.2, -0.15) is 0 Å². The molecule has 2 heteroatoms. The van der Waals surface area contributed by atoms with Gasteiger partial charge in [-0.25, -0.2) is 0 Å². The summed E-state index contributed by atoms with van der Waals surface area (Å²) in [7, 11) is 1.99. The molecule has 5 rings (SSSR count). The third-order valence-electron chi connectivity index (χ3n) is 5.99. The van der Waals surface area contributed by atoms with Crippen LogP contribution in [-0.2, 0) is 6.54 Å². The Balaban J connectivity index is 1.43. The largest absolute Gasteiger partial charge is 0.493 e. The van der Waals surface area contributed by atoms with Crippen LogP contribution in [0, 0.1) is 23.2 Å². The molecule has 1 aromatic rings. The molecule has 1 N–H and O–H groups in total. The van der Waals surface area contributed by atoms with Crippen molar-refractivity contribution in [3.63, 3.8) is 0 Å². The van der Waals surface area contributed by atoms with Gasteiger partial charge in [0.1, 0.15) is 5.75 Å². The van der Waals surface area contributed by atoms with Crippen LogP contribution >= 0.6 is 0 Å². The van der Waals surface area contributed by atoms with Gasteiger partial charge in [-0.1, -0.05) is 12.1 Å². The number of benzene rings is 1. The van der Waals surface area contributed by atoms with Crippen molar-refractivity contribution >= 4 is 0 Å². The van der Waals surface area contributed by atoms with Crippen LogP contribution in [0.3, 0.4) is 0 Å². The van der Waals surface area contributed by atoms with Gasteiger partial charge >= 0.3 is 0 Å². The van der Waals surface area contributed by atoms with Gasteiger partial charge in [0, 0.05) is 12.0 Å². The van der Waals surface area contributed by atoms with Crippen LogP contribution in [-0.4, -0.2) is 13.7 Å². The molecule has 0 heterocycles. The Morgan fingerprint density at radius 2 is 1.76 bits per heavy atom. The minimum atomic E-state index is 0.508. The monoisotopic (exact) mass is 285 g/mol. The van der Waals surface area contributed by atoms with Gasteiger partial charge in [0.15, 0.2) is 0 Å². The second-order valence-electron chi connectivity index (χ2n) is 7.88. The van der Waals surface area contributed by atoms with Crippen molar-refractivity contribution in [2.24, 2.45) is 23.2 Å². The van der Waals surface area contributed by atoms with E-state index in [1.807, 2.05) is 7.05 Å². The molecule has 114 valence electrons. The quantitative estimate of drug-likeness (QED) is 0.883. The van der Waals surface area contributed by atoms with Crippen LogP contribution in [0.25, 0.3) is 0 Å². The normalized spacial score (nSPS) is 36.9. The second kappa shape index (κ2) is 5.31. The zero-order chi connectivity index (χ0) is 14.3. The first-order valence-corrected chi connectivity index (χ1v) is 8.61. The lowest BCUT2D eigenvalue weighted by atomic mass is 9.50. The maximum atomic E-state index is 6.25. The van der Waals surface area contributed by atoms with Crippen LogP contribution in [0.4, 0.5) is 0 Å². The lowest BCUT2D eigenvalue weighted by Gasteiger charge is -2.56. The molecule has 0 atom stereocenters. The van der Waals surface area contributed by atoms with E-state index in [1.165, 1.54) is 44.1 Å². The van der Waals surface area contributed by atoms with Gasteiger partial charge in [-0.3, -0.25) is 0 Å². The summed E-state index contributed by atoms with van der Waals surface area (Å²) in [5.41, 5.74) is 1.81. The summed E-state index contributed by atoms with van der Waals surface area (Å²) in [5, 5.41) is 3.21. The van der Waals surface area contributed by atoms with Gasteiger partial charge in [-0.15, -0.1) is 0 Å². The Morgan fingerprint density at radius 1 is 1.10 bits per heavy atom. The van der Waals surface area contributed by atoms with Gasteiger partial charge < -0.3 is 10.1 Å². The first-order valence-electron chi connectivity index (χ1n) is 8.61. The SMILES string of the molecule is CNCc1cccc(OCC23CC4CC(CC(C4)C2)C3)c1. The lowest BCUT2D eigenvalue weighted by Crippen LogP contribution is -2.48. The maximum absolute atomic E-state index is 6.25. The molecule has 0 unspecified atom stereocenters. The average molecular weight is 285 g/mol. The van der Waals surface area contributed by atoms with Crippen molar-refractivity contribution in [2.75, 3.05) is 13.7 Å². The van der Waals surface area contributed by atoms with E-state index in [9.17, 15) is 0 Å². The Morgan fingerprint density at radius 3 is 2.38 bits per heavy atom. The first kappa shape index (κ1) is 13.6. The molecule has 0 amide bonds. The number of ether oxygens (including phenoxy) is 1. The van der Waals surface area contributed by atoms with E-state index in [1.54, 1.807) is 0 Å². The molecular formula is C19H27NO. The van der Waals surface area contributed by atoms with Gasteiger partial charge in [0.25, 0.3) is 0 Å². The topological polar surface area (TPSA) is 21.3 Å². The van der Waals surface area contributed by atoms with Gasteiger partial charge in [0.2, 0.25) is 0 Å². The summed E-state index contributed by atoms with van der Waals surface area (Å²) >= 11 is 0. The highest BCUT2D eigenvalue weighted by Crippen LogP contribution is 2.60. The average Bonchev–Trinajstić information content (AvgIpc) is 2.45. The summed E-state index contributed by atoms with van der Waals surface area (Å²) < 4.78 is 6.25. The van der Waals surface area contributed by atoms with Crippen LogP contribution in [0.15, 0.2) is 24.3 Å². The van der Waals surface area contributed by atoms with Crippen molar-refractivity contribution in [2.45, 2.75) is 45.1 Å². The minimum absolute atomic E-state index is 0.508. The van der Waals surface area contributed by atoms with E-state index in [0.717, 1.165) is 36.7 Å². The summed E-state index contributed by atoms with van der Waals surface area (Å²) in [6.45, 7) is 1.86. The van der Waals surface area contributed by atoms with Gasteiger partial charge in [0.05, 0.1) is 6.61 Å². The summed E-state index contributed by atoms with van der Waals surface area (Å²) in [6.07, 6.45) is 8.81. The van der Waals surface area contributed by atoms with E-state index in [0.29, 0.717) is 5.41 Å². The van der Waals surface area contributed by atoms with Crippen LogP contribution in [0.5, 0.6) is 5.75 Å². The molecule has 21 heavy (non-hydrogen) atoms. The Hall–Kier alpha value is -1.02. The maximum Gasteiger partial charge on any atom is 0.119 e. The molecule has 4 aliphatic carbocycles. The first-order chi connectivity index (χ1) is 10.2. The third-order valence-corrected chi connectivity index (χ3v) is 5.99. The molecule has 0 aromatic heterocycles. The van der Waals surface area contributed by atoms with Crippen molar-refractivity contribution in [3.8, 4) is 5.75 Å². The standard InChI is InChI=1S/C19H27NO/c1-20-12-14-3-2-4-18(8-14)21-13-19-9-15-5-16(10-19)7-17(6-15)11-19/h2-4,8,15-17,20H,5-7,9-13H2,1H3. The van der Waals surface area contributed by atoms with E-state index in [4.69, 9.17) is 4.74 Å². The fourth-order valence-corrected chi connectivity index (χ4v) is 5.65. The fourth-order valence-electron chi connectivity index (χ4n) is 5.65. The smallest absolute Gasteiger partial charge is 0.119 e. The minimum Gasteiger partial charge on any atom is -0.493 e. The van der Waals surface area contributed by atoms with Gasteiger partial charge in [-0.05, 0) is 81.0 Å². The zero-order valence-corrected chi connectivity index (χ0v) is 13.1. The molecule has 0 aliphatic heterocycles. The Bertz CT molecular complexity index is 475. The molecule has 4 fully saturated rings. The number of rotatable bonds is 5. The van der Waals surface area contributed by atoms with Crippen molar-refractivity contribution in [1.82, 2.24) is 5.32 Å². The zero-order valence-electron chi connectivity index (χ0n) is 13.1. The fraction of sp³-hybridized carbons (Fsp3) is 0.684. The predicted molar refractivity (Wildman–Crippen MR) is 85.3 cm³/mol. The molecular weight excluding hydrogens is 258 g/mol. The highest BCUT2D eigenvalue weighted by Gasteiger charge is 2.51. The van der Waals surface area contributed by atoms with Crippen LogP contribution in [0.2, 0.25) is 0 Å². The summed E-state index contributed by atoms with van der Waals surface area (Å²) in [5.74, 6) is 4.08. The van der Waals surface area contributed by atoms with E-state index in [-0.39, 0.29) is 0 Å². The Labute approximate surface area is 128 Å². The highest BCUT2D eigenvalue weighted by molar-refractivity contribution is 5.28. The van der Waals surface area contributed by atoms with Crippen molar-refractivity contribution in [1.29, 1.82) is 0 Å². The van der Waals surface area contributed by atoms with Crippen molar-refractivity contribution < 1.29 is 4.74 Å². The van der Waals surface area contributed by atoms with E-state index >= 15 is 0 Å². The summed E-state index contributed by atoms with van der Waals surface area (Å²) in [4.78, 5) is 0. The molecule has 1 aromatic carbocycles. The summed E-state index contributed by atoms with van der Waals surface area (Å²) in [6, 6.07) is 8.58. The molecule has 2 nitrogen and oxygen atoms in total. The van der Waals surface area contributed by atoms with E-state index in [2.05, 4.69) is 29.6 Å². The van der Waals surface area contributed by atoms with Crippen molar-refractivity contribution in [3.05, 3.63) is 29.8 Å². The third kappa shape index (κ3) is 2.70. The Kier molecular flexibility index (Phi) is 3.45.